The topological polar surface area (TPSA) is 78.5 Å². The number of rotatable bonds is 4. The monoisotopic (exact) mass is 251 g/mol. The fraction of sp³-hybridized carbons (Fsp3) is 0.667. The maximum atomic E-state index is 9.57. The van der Waals surface area contributed by atoms with Crippen LogP contribution in [0.4, 0.5) is 17.6 Å². The number of nitrogen functional groups attached to an aromatic ring is 1. The lowest BCUT2D eigenvalue weighted by molar-refractivity contribution is 0.198. The molecule has 1 saturated heterocycles. The van der Waals surface area contributed by atoms with Gasteiger partial charge in [0.25, 0.3) is 0 Å². The van der Waals surface area contributed by atoms with Crippen LogP contribution in [0.3, 0.4) is 0 Å². The summed E-state index contributed by atoms with van der Waals surface area (Å²) in [5, 5.41) is 9.57. The molecule has 100 valence electrons. The van der Waals surface area contributed by atoms with E-state index in [9.17, 15) is 5.11 Å². The Morgan fingerprint density at radius 2 is 2.17 bits per heavy atom. The molecule has 1 fully saturated rings. The average molecular weight is 251 g/mol. The number of nitrogens with two attached hydrogens (primary N) is 1. The average Bonchev–Trinajstić information content (AvgIpc) is 2.77. The lowest BCUT2D eigenvalue weighted by Crippen LogP contribution is -2.27. The molecular weight excluding hydrogens is 230 g/mol. The highest BCUT2D eigenvalue weighted by atomic mass is 16.3. The second-order valence-corrected chi connectivity index (χ2v) is 4.51. The van der Waals surface area contributed by atoms with Gasteiger partial charge < -0.3 is 20.6 Å². The van der Waals surface area contributed by atoms with E-state index in [2.05, 4.69) is 33.6 Å². The fourth-order valence-corrected chi connectivity index (χ4v) is 2.20. The maximum Gasteiger partial charge on any atom is 0.229 e. The Hall–Kier alpha value is -1.56. The summed E-state index contributed by atoms with van der Waals surface area (Å²) in [5.41, 5.74) is 5.84. The summed E-state index contributed by atoms with van der Waals surface area (Å²) in [4.78, 5) is 12.9. The number of hydrogen-bond acceptors (Lipinski definition) is 6. The lowest BCUT2D eigenvalue weighted by atomic mass is 10.3. The third-order valence-electron chi connectivity index (χ3n) is 3.25. The molecule has 2 rings (SSSR count). The van der Waals surface area contributed by atoms with Gasteiger partial charge in [0.15, 0.2) is 0 Å². The summed E-state index contributed by atoms with van der Waals surface area (Å²) in [5.74, 6) is 1.95. The first kappa shape index (κ1) is 12.9. The minimum Gasteiger partial charge on any atom is -0.391 e. The number of β-amino-alcohol motifs (C(OH)–C–C–N with tert-alkyl or cyclic N) is 1. The van der Waals surface area contributed by atoms with Gasteiger partial charge in [-0.3, -0.25) is 0 Å². The molecule has 0 saturated carbocycles. The van der Waals surface area contributed by atoms with Crippen molar-refractivity contribution in [3.63, 3.8) is 0 Å². The number of aromatic nitrogens is 2. The zero-order valence-corrected chi connectivity index (χ0v) is 11.0. The summed E-state index contributed by atoms with van der Waals surface area (Å²) < 4.78 is 0. The highest BCUT2D eigenvalue weighted by molar-refractivity contribution is 5.53. The van der Waals surface area contributed by atoms with Gasteiger partial charge in [0.2, 0.25) is 5.95 Å². The second kappa shape index (κ2) is 5.39. The van der Waals surface area contributed by atoms with E-state index >= 15 is 0 Å². The van der Waals surface area contributed by atoms with Gasteiger partial charge in [-0.25, -0.2) is 0 Å². The normalized spacial score (nSPS) is 19.3. The van der Waals surface area contributed by atoms with Crippen molar-refractivity contribution in [3.8, 4) is 0 Å². The van der Waals surface area contributed by atoms with Crippen molar-refractivity contribution in [1.29, 1.82) is 0 Å². The second-order valence-electron chi connectivity index (χ2n) is 4.51. The molecule has 2 heterocycles. The molecule has 1 aliphatic rings. The van der Waals surface area contributed by atoms with Gasteiger partial charge in [-0.05, 0) is 20.3 Å². The van der Waals surface area contributed by atoms with Gasteiger partial charge in [-0.15, -0.1) is 0 Å². The Kier molecular flexibility index (Phi) is 3.86. The van der Waals surface area contributed by atoms with Crippen molar-refractivity contribution in [2.24, 2.45) is 0 Å². The Labute approximate surface area is 107 Å². The van der Waals surface area contributed by atoms with E-state index < -0.39 is 0 Å². The van der Waals surface area contributed by atoms with E-state index in [1.807, 2.05) is 0 Å². The Bertz CT molecular complexity index is 407. The SMILES string of the molecule is CCN(CC)c1nc(N)cc(N2CC[C@@H](O)C2)n1. The summed E-state index contributed by atoms with van der Waals surface area (Å²) >= 11 is 0. The molecule has 0 spiro atoms. The summed E-state index contributed by atoms with van der Waals surface area (Å²) in [6, 6.07) is 1.77. The van der Waals surface area contributed by atoms with Crippen LogP contribution in [0.1, 0.15) is 20.3 Å². The molecule has 0 bridgehead atoms. The van der Waals surface area contributed by atoms with Crippen molar-refractivity contribution in [1.82, 2.24) is 9.97 Å². The van der Waals surface area contributed by atoms with Crippen LogP contribution in [-0.4, -0.2) is 47.4 Å². The van der Waals surface area contributed by atoms with E-state index in [1.54, 1.807) is 6.07 Å². The van der Waals surface area contributed by atoms with Crippen molar-refractivity contribution < 1.29 is 5.11 Å². The Morgan fingerprint density at radius 1 is 1.44 bits per heavy atom. The predicted octanol–water partition coefficient (Wildman–Crippen LogP) is 0.476. The van der Waals surface area contributed by atoms with Gasteiger partial charge in [0.1, 0.15) is 11.6 Å². The highest BCUT2D eigenvalue weighted by Gasteiger charge is 2.22. The fourth-order valence-electron chi connectivity index (χ4n) is 2.20. The highest BCUT2D eigenvalue weighted by Crippen LogP contribution is 2.22. The minimum atomic E-state index is -0.266. The molecule has 6 nitrogen and oxygen atoms in total. The molecule has 0 aliphatic carbocycles. The number of anilines is 3. The third-order valence-corrected chi connectivity index (χ3v) is 3.25. The smallest absolute Gasteiger partial charge is 0.229 e. The summed E-state index contributed by atoms with van der Waals surface area (Å²) in [6.45, 7) is 7.26. The molecule has 1 aromatic heterocycles. The zero-order valence-electron chi connectivity index (χ0n) is 11.0. The predicted molar refractivity (Wildman–Crippen MR) is 72.8 cm³/mol. The van der Waals surface area contributed by atoms with Crippen molar-refractivity contribution in [2.45, 2.75) is 26.4 Å². The largest absolute Gasteiger partial charge is 0.391 e. The van der Waals surface area contributed by atoms with Crippen LogP contribution >= 0.6 is 0 Å². The first-order valence-electron chi connectivity index (χ1n) is 6.46. The molecule has 1 aromatic rings. The van der Waals surface area contributed by atoms with E-state index in [1.165, 1.54) is 0 Å². The molecule has 1 aliphatic heterocycles. The van der Waals surface area contributed by atoms with Crippen LogP contribution in [0.25, 0.3) is 0 Å². The molecular formula is C12H21N5O. The van der Waals surface area contributed by atoms with E-state index in [-0.39, 0.29) is 6.10 Å². The van der Waals surface area contributed by atoms with Gasteiger partial charge >= 0.3 is 0 Å². The van der Waals surface area contributed by atoms with Crippen LogP contribution in [0, 0.1) is 0 Å². The lowest BCUT2D eigenvalue weighted by Gasteiger charge is -2.22. The van der Waals surface area contributed by atoms with E-state index in [0.717, 1.165) is 31.9 Å². The molecule has 18 heavy (non-hydrogen) atoms. The van der Waals surface area contributed by atoms with Crippen molar-refractivity contribution in [3.05, 3.63) is 6.07 Å². The maximum absolute atomic E-state index is 9.57. The standard InChI is InChI=1S/C12H21N5O/c1-3-16(4-2)12-14-10(13)7-11(15-12)17-6-5-9(18)8-17/h7,9,18H,3-6,8H2,1-2H3,(H2,13,14,15)/t9-/m1/s1. The molecule has 6 heteroatoms. The third kappa shape index (κ3) is 2.64. The van der Waals surface area contributed by atoms with Gasteiger partial charge in [0, 0.05) is 32.2 Å². The van der Waals surface area contributed by atoms with Gasteiger partial charge in [-0.2, -0.15) is 9.97 Å². The number of nitrogens with zero attached hydrogens (tertiary/aromatic N) is 4. The first-order valence-corrected chi connectivity index (χ1v) is 6.46. The number of aliphatic hydroxyl groups is 1. The van der Waals surface area contributed by atoms with Crippen LogP contribution in [0.5, 0.6) is 0 Å². The van der Waals surface area contributed by atoms with Crippen LogP contribution < -0.4 is 15.5 Å². The van der Waals surface area contributed by atoms with Crippen molar-refractivity contribution in [2.75, 3.05) is 41.7 Å². The van der Waals surface area contributed by atoms with Gasteiger partial charge in [-0.1, -0.05) is 0 Å². The summed E-state index contributed by atoms with van der Waals surface area (Å²) in [6.07, 6.45) is 0.517. The molecule has 0 unspecified atom stereocenters. The van der Waals surface area contributed by atoms with E-state index in [4.69, 9.17) is 5.73 Å². The first-order chi connectivity index (χ1) is 8.63. The van der Waals surface area contributed by atoms with Crippen LogP contribution in [0.15, 0.2) is 6.07 Å². The number of hydrogen-bond donors (Lipinski definition) is 2. The summed E-state index contributed by atoms with van der Waals surface area (Å²) in [7, 11) is 0. The van der Waals surface area contributed by atoms with Crippen molar-refractivity contribution >= 4 is 17.6 Å². The molecule has 1 atom stereocenters. The quantitative estimate of drug-likeness (QED) is 0.810. The molecule has 0 aromatic carbocycles. The molecule has 3 N–H and O–H groups in total. The number of aliphatic hydroxyl groups excluding tert-OH is 1. The minimum absolute atomic E-state index is 0.266. The van der Waals surface area contributed by atoms with Crippen LogP contribution in [-0.2, 0) is 0 Å². The van der Waals surface area contributed by atoms with Crippen LogP contribution in [0.2, 0.25) is 0 Å². The molecule has 0 radical (unpaired) electrons. The van der Waals surface area contributed by atoms with E-state index in [0.29, 0.717) is 18.3 Å². The Balaban J connectivity index is 2.26. The van der Waals surface area contributed by atoms with Gasteiger partial charge in [0.05, 0.1) is 6.10 Å². The molecule has 0 amide bonds. The zero-order chi connectivity index (χ0) is 13.1. The Morgan fingerprint density at radius 3 is 2.72 bits per heavy atom.